The molecule has 4 heteroatoms. The quantitative estimate of drug-likeness (QED) is 0.347. The van der Waals surface area contributed by atoms with Crippen molar-refractivity contribution in [2.24, 2.45) is 0 Å². The number of unbranched alkanes of at least 4 members (excludes halogenated alkanes) is 9. The second-order valence-corrected chi connectivity index (χ2v) is 7.32. The van der Waals surface area contributed by atoms with Crippen molar-refractivity contribution in [3.05, 3.63) is 23.3 Å². The summed E-state index contributed by atoms with van der Waals surface area (Å²) in [6, 6.07) is 3.46. The summed E-state index contributed by atoms with van der Waals surface area (Å²) in [5.41, 5.74) is 2.35. The largest absolute Gasteiger partial charge is 0.504 e. The van der Waals surface area contributed by atoms with E-state index < -0.39 is 0 Å². The number of benzene rings is 1. The summed E-state index contributed by atoms with van der Waals surface area (Å²) in [6.45, 7) is 5.39. The topological polar surface area (TPSA) is 43.7 Å². The van der Waals surface area contributed by atoms with E-state index in [0.29, 0.717) is 0 Å². The average Bonchev–Trinajstić information content (AvgIpc) is 2.58. The maximum atomic E-state index is 9.66. The van der Waals surface area contributed by atoms with Crippen LogP contribution in [0, 0.1) is 0 Å². The first kappa shape index (κ1) is 22.3. The van der Waals surface area contributed by atoms with E-state index in [9.17, 15) is 10.2 Å². The normalized spacial score (nSPS) is 14.1. The Bertz CT molecular complexity index is 493. The van der Waals surface area contributed by atoms with Crippen molar-refractivity contribution in [3.8, 4) is 11.5 Å². The highest BCUT2D eigenvalue weighted by molar-refractivity contribution is 8.93. The maximum Gasteiger partial charge on any atom is 0.157 e. The molecule has 0 fully saturated rings. The van der Waals surface area contributed by atoms with Crippen LogP contribution < -0.4 is 0 Å². The lowest BCUT2D eigenvalue weighted by Gasteiger charge is -2.29. The molecule has 0 aliphatic carbocycles. The van der Waals surface area contributed by atoms with Gasteiger partial charge in [-0.3, -0.25) is 4.90 Å². The molecule has 0 unspecified atom stereocenters. The van der Waals surface area contributed by atoms with Crippen LogP contribution in [0.25, 0.3) is 0 Å². The zero-order valence-corrected chi connectivity index (χ0v) is 17.5. The third kappa shape index (κ3) is 8.00. The summed E-state index contributed by atoms with van der Waals surface area (Å²) >= 11 is 0. The van der Waals surface area contributed by atoms with E-state index >= 15 is 0 Å². The standard InChI is InChI=1S/C21H35NO2.BrH/c1-2-3-4-5-6-7-8-9-10-11-13-22-14-12-18-15-20(23)21(24)16-19(18)17-22;/h15-16,23-24H,2-14,17H2,1H3;1H. The van der Waals surface area contributed by atoms with E-state index in [1.807, 2.05) is 0 Å². The van der Waals surface area contributed by atoms with Gasteiger partial charge in [0, 0.05) is 13.1 Å². The number of halogens is 1. The third-order valence-corrected chi connectivity index (χ3v) is 5.22. The number of nitrogens with zero attached hydrogens (tertiary/aromatic N) is 1. The van der Waals surface area contributed by atoms with Crippen LogP contribution in [0.3, 0.4) is 0 Å². The van der Waals surface area contributed by atoms with Crippen molar-refractivity contribution >= 4 is 17.0 Å². The van der Waals surface area contributed by atoms with Gasteiger partial charge in [-0.05, 0) is 42.6 Å². The van der Waals surface area contributed by atoms with Gasteiger partial charge in [0.2, 0.25) is 0 Å². The second-order valence-electron chi connectivity index (χ2n) is 7.32. The lowest BCUT2D eigenvalue weighted by atomic mass is 9.98. The maximum absolute atomic E-state index is 9.66. The van der Waals surface area contributed by atoms with Gasteiger partial charge in [-0.2, -0.15) is 0 Å². The summed E-state index contributed by atoms with van der Waals surface area (Å²) in [7, 11) is 0. The Morgan fingerprint density at radius 3 is 1.92 bits per heavy atom. The fraction of sp³-hybridized carbons (Fsp3) is 0.714. The Morgan fingerprint density at radius 1 is 0.800 bits per heavy atom. The van der Waals surface area contributed by atoms with E-state index in [4.69, 9.17) is 0 Å². The Balaban J connectivity index is 0.00000312. The van der Waals surface area contributed by atoms with Crippen molar-refractivity contribution in [1.82, 2.24) is 4.90 Å². The van der Waals surface area contributed by atoms with Crippen LogP contribution in [-0.4, -0.2) is 28.2 Å². The molecule has 0 bridgehead atoms. The summed E-state index contributed by atoms with van der Waals surface area (Å²) < 4.78 is 0. The van der Waals surface area contributed by atoms with Gasteiger partial charge < -0.3 is 10.2 Å². The molecule has 0 saturated carbocycles. The van der Waals surface area contributed by atoms with E-state index in [1.165, 1.54) is 75.3 Å². The van der Waals surface area contributed by atoms with E-state index in [-0.39, 0.29) is 28.5 Å². The first-order valence-corrected chi connectivity index (χ1v) is 9.96. The van der Waals surface area contributed by atoms with Gasteiger partial charge in [0.05, 0.1) is 0 Å². The Labute approximate surface area is 164 Å². The van der Waals surface area contributed by atoms with Gasteiger partial charge in [0.25, 0.3) is 0 Å². The van der Waals surface area contributed by atoms with Gasteiger partial charge in [-0.15, -0.1) is 17.0 Å². The minimum absolute atomic E-state index is 0. The average molecular weight is 414 g/mol. The summed E-state index contributed by atoms with van der Waals surface area (Å²) in [4.78, 5) is 2.48. The fourth-order valence-corrected chi connectivity index (χ4v) is 3.66. The van der Waals surface area contributed by atoms with Crippen LogP contribution in [0.5, 0.6) is 11.5 Å². The molecule has 25 heavy (non-hydrogen) atoms. The summed E-state index contributed by atoms with van der Waals surface area (Å²) in [5, 5.41) is 19.2. The zero-order chi connectivity index (χ0) is 17.2. The predicted octanol–water partition coefficient (Wildman–Crippen LogP) is 5.95. The molecule has 1 aromatic rings. The Hall–Kier alpha value is -0.740. The lowest BCUT2D eigenvalue weighted by molar-refractivity contribution is 0.247. The summed E-state index contributed by atoms with van der Waals surface area (Å²) in [6.07, 6.45) is 14.7. The van der Waals surface area contributed by atoms with Crippen LogP contribution in [0.1, 0.15) is 82.3 Å². The van der Waals surface area contributed by atoms with E-state index in [0.717, 1.165) is 26.1 Å². The molecular weight excluding hydrogens is 378 g/mol. The van der Waals surface area contributed by atoms with E-state index in [1.54, 1.807) is 12.1 Å². The molecule has 2 N–H and O–H groups in total. The van der Waals surface area contributed by atoms with Crippen LogP contribution >= 0.6 is 17.0 Å². The van der Waals surface area contributed by atoms with Crippen molar-refractivity contribution in [2.75, 3.05) is 13.1 Å². The van der Waals surface area contributed by atoms with Gasteiger partial charge in [0.15, 0.2) is 11.5 Å². The number of hydrogen-bond acceptors (Lipinski definition) is 3. The molecule has 0 spiro atoms. The molecule has 1 heterocycles. The monoisotopic (exact) mass is 413 g/mol. The highest BCUT2D eigenvalue weighted by Gasteiger charge is 2.17. The van der Waals surface area contributed by atoms with Crippen LogP contribution in [0.2, 0.25) is 0 Å². The second kappa shape index (κ2) is 12.6. The zero-order valence-electron chi connectivity index (χ0n) is 15.8. The number of phenolic OH excluding ortho intramolecular Hbond substituents is 2. The van der Waals surface area contributed by atoms with Gasteiger partial charge in [-0.25, -0.2) is 0 Å². The van der Waals surface area contributed by atoms with Gasteiger partial charge in [-0.1, -0.05) is 64.7 Å². The summed E-state index contributed by atoms with van der Waals surface area (Å²) in [5.74, 6) is 0.0198. The molecule has 3 nitrogen and oxygen atoms in total. The highest BCUT2D eigenvalue weighted by Crippen LogP contribution is 2.31. The molecule has 0 amide bonds. The van der Waals surface area contributed by atoms with Crippen LogP contribution in [0.4, 0.5) is 0 Å². The molecule has 0 radical (unpaired) electrons. The smallest absolute Gasteiger partial charge is 0.157 e. The first-order valence-electron chi connectivity index (χ1n) is 9.96. The molecule has 1 aliphatic rings. The van der Waals surface area contributed by atoms with Crippen molar-refractivity contribution in [2.45, 2.75) is 84.1 Å². The van der Waals surface area contributed by atoms with Crippen LogP contribution in [-0.2, 0) is 13.0 Å². The molecule has 0 saturated heterocycles. The molecule has 0 atom stereocenters. The predicted molar refractivity (Wildman–Crippen MR) is 111 cm³/mol. The van der Waals surface area contributed by atoms with Crippen LogP contribution in [0.15, 0.2) is 12.1 Å². The lowest BCUT2D eigenvalue weighted by Crippen LogP contribution is -2.31. The minimum atomic E-state index is 0. The number of fused-ring (bicyclic) bond motifs is 1. The number of rotatable bonds is 11. The third-order valence-electron chi connectivity index (χ3n) is 5.22. The molecule has 0 aromatic heterocycles. The number of hydrogen-bond donors (Lipinski definition) is 2. The Morgan fingerprint density at radius 2 is 1.32 bits per heavy atom. The number of phenols is 2. The van der Waals surface area contributed by atoms with E-state index in [2.05, 4.69) is 11.8 Å². The van der Waals surface area contributed by atoms with Gasteiger partial charge in [0.1, 0.15) is 0 Å². The fourth-order valence-electron chi connectivity index (χ4n) is 3.66. The molecule has 2 rings (SSSR count). The molecule has 1 aromatic carbocycles. The number of aromatic hydroxyl groups is 2. The van der Waals surface area contributed by atoms with Crippen molar-refractivity contribution in [3.63, 3.8) is 0 Å². The Kier molecular flexibility index (Phi) is 11.2. The molecular formula is C21H36BrNO2. The molecule has 144 valence electrons. The molecule has 1 aliphatic heterocycles. The van der Waals surface area contributed by atoms with Gasteiger partial charge >= 0.3 is 0 Å². The van der Waals surface area contributed by atoms with Crippen molar-refractivity contribution in [1.29, 1.82) is 0 Å². The van der Waals surface area contributed by atoms with Crippen molar-refractivity contribution < 1.29 is 10.2 Å². The minimum Gasteiger partial charge on any atom is -0.504 e. The first-order chi connectivity index (χ1) is 11.7. The SMILES string of the molecule is Br.CCCCCCCCCCCCN1CCc2cc(O)c(O)cc2C1. The highest BCUT2D eigenvalue weighted by atomic mass is 79.9.